The number of sulfonamides is 1. The lowest BCUT2D eigenvalue weighted by Gasteiger charge is -2.31. The van der Waals surface area contributed by atoms with Crippen LogP contribution in [0.3, 0.4) is 0 Å². The predicted molar refractivity (Wildman–Crippen MR) is 121 cm³/mol. The van der Waals surface area contributed by atoms with E-state index in [0.717, 1.165) is 40.8 Å². The number of rotatable bonds is 4. The minimum Gasteiger partial charge on any atom is -0.334 e. The third-order valence-corrected chi connectivity index (χ3v) is 7.95. The van der Waals surface area contributed by atoms with E-state index in [2.05, 4.69) is 23.2 Å². The maximum absolute atomic E-state index is 13.0. The molecule has 0 saturated carbocycles. The van der Waals surface area contributed by atoms with Gasteiger partial charge in [0.15, 0.2) is 0 Å². The summed E-state index contributed by atoms with van der Waals surface area (Å²) in [6.07, 6.45) is 3.31. The van der Waals surface area contributed by atoms with Crippen LogP contribution < -0.4 is 0 Å². The van der Waals surface area contributed by atoms with Crippen LogP contribution >= 0.6 is 0 Å². The lowest BCUT2D eigenvalue weighted by Crippen LogP contribution is -2.38. The Morgan fingerprint density at radius 3 is 2.26 bits per heavy atom. The highest BCUT2D eigenvalue weighted by atomic mass is 32.2. The fourth-order valence-corrected chi connectivity index (χ4v) is 5.78. The van der Waals surface area contributed by atoms with Crippen LogP contribution in [-0.4, -0.2) is 40.3 Å². The predicted octanol–water partition coefficient (Wildman–Crippen LogP) is 4.20. The molecule has 5 rings (SSSR count). The number of hydrogen-bond acceptors (Lipinski definition) is 4. The standard InChI is InChI=1S/C24H24N4O2S/c1-27-17-25-24-22(27)16-21(26-23(24)19-8-4-2-5-9-19)18-12-14-28(15-13-18)31(29,30)20-10-6-3-7-11-20/h2-11,16-18H,12-15H2,1H3. The SMILES string of the molecule is Cn1cnc2c(-c3ccccc3)nc(C3CCN(S(=O)(=O)c4ccccc4)CC3)cc21. The quantitative estimate of drug-likeness (QED) is 0.485. The smallest absolute Gasteiger partial charge is 0.243 e. The molecule has 0 spiro atoms. The molecule has 2 aromatic heterocycles. The minimum absolute atomic E-state index is 0.212. The molecule has 0 aliphatic carbocycles. The van der Waals surface area contributed by atoms with Gasteiger partial charge in [-0.05, 0) is 31.0 Å². The van der Waals surface area contributed by atoms with Gasteiger partial charge in [-0.2, -0.15) is 4.31 Å². The van der Waals surface area contributed by atoms with Crippen LogP contribution in [0, 0.1) is 0 Å². The van der Waals surface area contributed by atoms with Crippen molar-refractivity contribution < 1.29 is 8.42 Å². The third kappa shape index (κ3) is 3.64. The van der Waals surface area contributed by atoms with Gasteiger partial charge in [0, 0.05) is 37.3 Å². The summed E-state index contributed by atoms with van der Waals surface area (Å²) in [5.74, 6) is 0.212. The number of imidazole rings is 1. The van der Waals surface area contributed by atoms with E-state index in [9.17, 15) is 8.42 Å². The second-order valence-electron chi connectivity index (χ2n) is 7.98. The van der Waals surface area contributed by atoms with Gasteiger partial charge in [-0.3, -0.25) is 4.98 Å². The molecule has 0 bridgehead atoms. The van der Waals surface area contributed by atoms with Crippen molar-refractivity contribution in [3.8, 4) is 11.3 Å². The van der Waals surface area contributed by atoms with Crippen LogP contribution in [0.5, 0.6) is 0 Å². The van der Waals surface area contributed by atoms with Gasteiger partial charge in [-0.1, -0.05) is 48.5 Å². The molecule has 1 aliphatic rings. The molecule has 0 atom stereocenters. The second-order valence-corrected chi connectivity index (χ2v) is 9.91. The molecule has 0 radical (unpaired) electrons. The van der Waals surface area contributed by atoms with Gasteiger partial charge in [-0.15, -0.1) is 0 Å². The minimum atomic E-state index is -3.45. The summed E-state index contributed by atoms with van der Waals surface area (Å²) in [7, 11) is -1.46. The highest BCUT2D eigenvalue weighted by molar-refractivity contribution is 7.89. The number of aromatic nitrogens is 3. The first-order valence-corrected chi connectivity index (χ1v) is 11.9. The van der Waals surface area contributed by atoms with Crippen LogP contribution in [0.1, 0.15) is 24.5 Å². The summed E-state index contributed by atoms with van der Waals surface area (Å²) in [5, 5.41) is 0. The Morgan fingerprint density at radius 2 is 1.58 bits per heavy atom. The molecular weight excluding hydrogens is 408 g/mol. The van der Waals surface area contributed by atoms with E-state index in [-0.39, 0.29) is 5.92 Å². The van der Waals surface area contributed by atoms with Gasteiger partial charge in [0.2, 0.25) is 10.0 Å². The number of pyridine rings is 1. The normalized spacial score (nSPS) is 16.0. The van der Waals surface area contributed by atoms with Crippen LogP contribution in [0.2, 0.25) is 0 Å². The molecule has 6 nitrogen and oxygen atoms in total. The van der Waals surface area contributed by atoms with Gasteiger partial charge in [0.05, 0.1) is 22.4 Å². The summed E-state index contributed by atoms with van der Waals surface area (Å²) in [4.78, 5) is 9.94. The number of nitrogens with zero attached hydrogens (tertiary/aromatic N) is 4. The number of benzene rings is 2. The molecular formula is C24H24N4O2S. The van der Waals surface area contributed by atoms with Crippen molar-refractivity contribution in [3.63, 3.8) is 0 Å². The molecule has 1 saturated heterocycles. The molecule has 7 heteroatoms. The number of aryl methyl sites for hydroxylation is 1. The zero-order valence-electron chi connectivity index (χ0n) is 17.3. The Hall–Kier alpha value is -3.03. The third-order valence-electron chi connectivity index (χ3n) is 6.03. The van der Waals surface area contributed by atoms with Gasteiger partial charge in [0.1, 0.15) is 5.52 Å². The molecule has 1 aliphatic heterocycles. The Morgan fingerprint density at radius 1 is 0.935 bits per heavy atom. The van der Waals surface area contributed by atoms with E-state index in [1.165, 1.54) is 0 Å². The maximum Gasteiger partial charge on any atom is 0.243 e. The summed E-state index contributed by atoms with van der Waals surface area (Å²) >= 11 is 0. The molecule has 3 heterocycles. The zero-order valence-corrected chi connectivity index (χ0v) is 18.2. The van der Waals surface area contributed by atoms with Crippen LogP contribution in [0.4, 0.5) is 0 Å². The Bertz CT molecular complexity index is 1310. The monoisotopic (exact) mass is 432 g/mol. The fraction of sp³-hybridized carbons (Fsp3) is 0.250. The summed E-state index contributed by atoms with van der Waals surface area (Å²) in [6, 6.07) is 20.9. The second kappa shape index (κ2) is 7.90. The molecule has 4 aromatic rings. The molecule has 158 valence electrons. The Kier molecular flexibility index (Phi) is 5.08. The van der Waals surface area contributed by atoms with Crippen molar-refractivity contribution in [3.05, 3.63) is 78.8 Å². The molecule has 31 heavy (non-hydrogen) atoms. The lowest BCUT2D eigenvalue weighted by molar-refractivity contribution is 0.317. The van der Waals surface area contributed by atoms with E-state index >= 15 is 0 Å². The van der Waals surface area contributed by atoms with Crippen molar-refractivity contribution in [2.45, 2.75) is 23.7 Å². The van der Waals surface area contributed by atoms with Crippen LogP contribution in [0.25, 0.3) is 22.3 Å². The fourth-order valence-electron chi connectivity index (χ4n) is 4.29. The molecule has 2 aromatic carbocycles. The van der Waals surface area contributed by atoms with E-state index in [1.54, 1.807) is 28.6 Å². The molecule has 0 amide bonds. The molecule has 1 fully saturated rings. The van der Waals surface area contributed by atoms with Crippen LogP contribution in [-0.2, 0) is 17.1 Å². The average molecular weight is 433 g/mol. The van der Waals surface area contributed by atoms with E-state index in [1.807, 2.05) is 42.2 Å². The lowest BCUT2D eigenvalue weighted by atomic mass is 9.93. The van der Waals surface area contributed by atoms with Crippen molar-refractivity contribution >= 4 is 21.1 Å². The first-order chi connectivity index (χ1) is 15.0. The van der Waals surface area contributed by atoms with E-state index in [0.29, 0.717) is 18.0 Å². The largest absolute Gasteiger partial charge is 0.334 e. The van der Waals surface area contributed by atoms with Crippen molar-refractivity contribution in [1.82, 2.24) is 18.8 Å². The number of piperidine rings is 1. The molecule has 0 unspecified atom stereocenters. The maximum atomic E-state index is 13.0. The summed E-state index contributed by atoms with van der Waals surface area (Å²) in [5.41, 5.74) is 4.86. The topological polar surface area (TPSA) is 68.1 Å². The van der Waals surface area contributed by atoms with Crippen LogP contribution in [0.15, 0.2) is 78.0 Å². The average Bonchev–Trinajstić information content (AvgIpc) is 3.20. The first-order valence-electron chi connectivity index (χ1n) is 10.5. The van der Waals surface area contributed by atoms with E-state index in [4.69, 9.17) is 4.98 Å². The van der Waals surface area contributed by atoms with E-state index < -0.39 is 10.0 Å². The van der Waals surface area contributed by atoms with Crippen molar-refractivity contribution in [1.29, 1.82) is 0 Å². The summed E-state index contributed by atoms with van der Waals surface area (Å²) < 4.78 is 29.5. The molecule has 0 N–H and O–H groups in total. The van der Waals surface area contributed by atoms with Gasteiger partial charge in [0.25, 0.3) is 0 Å². The number of hydrogen-bond donors (Lipinski definition) is 0. The Labute approximate surface area is 182 Å². The van der Waals surface area contributed by atoms with Gasteiger partial charge >= 0.3 is 0 Å². The highest BCUT2D eigenvalue weighted by Crippen LogP contribution is 2.34. The zero-order chi connectivity index (χ0) is 21.4. The Balaban J connectivity index is 1.45. The van der Waals surface area contributed by atoms with Gasteiger partial charge < -0.3 is 4.57 Å². The van der Waals surface area contributed by atoms with Crippen molar-refractivity contribution in [2.75, 3.05) is 13.1 Å². The van der Waals surface area contributed by atoms with Crippen molar-refractivity contribution in [2.24, 2.45) is 7.05 Å². The number of fused-ring (bicyclic) bond motifs is 1. The summed E-state index contributed by atoms with van der Waals surface area (Å²) in [6.45, 7) is 0.987. The first kappa shape index (κ1) is 19.9. The highest BCUT2D eigenvalue weighted by Gasteiger charge is 2.31. The van der Waals surface area contributed by atoms with Gasteiger partial charge in [-0.25, -0.2) is 13.4 Å².